The minimum atomic E-state index is -1.30. The van der Waals surface area contributed by atoms with Crippen LogP contribution in [0.1, 0.15) is 33.2 Å². The molecule has 3 rings (SSSR count). The number of anilines is 1. The number of carbonyl (C=O) groups is 3. The van der Waals surface area contributed by atoms with E-state index in [-0.39, 0.29) is 17.7 Å². The molecule has 0 spiro atoms. The molecule has 2 atom stereocenters. The summed E-state index contributed by atoms with van der Waals surface area (Å²) in [4.78, 5) is 37.3. The third-order valence-electron chi connectivity index (χ3n) is 5.49. The molecule has 3 aromatic rings. The molecule has 37 heavy (non-hydrogen) atoms. The van der Waals surface area contributed by atoms with Gasteiger partial charge in [-0.15, -0.1) is 0 Å². The second kappa shape index (κ2) is 11.8. The fourth-order valence-corrected chi connectivity index (χ4v) is 3.45. The van der Waals surface area contributed by atoms with E-state index in [0.29, 0.717) is 12.1 Å². The standard InChI is InChI=1S/C26H27N3O8/c1-14(30)21(29-25(36)18-5-3-7-20(32)23(18)34)26(37)27-13-12-15-8-10-16(11-9-15)28-24(35)17-4-2-6-19(31)22(17)33/h2-11,14,21,30-34H,12-13H2,1H3,(H,27,37)(H,28,35)(H,29,36)/t14-,21+/m1/s1. The maximum Gasteiger partial charge on any atom is 0.259 e. The lowest BCUT2D eigenvalue weighted by Gasteiger charge is -2.21. The van der Waals surface area contributed by atoms with Gasteiger partial charge in [0.15, 0.2) is 23.0 Å². The predicted molar refractivity (Wildman–Crippen MR) is 134 cm³/mol. The first-order chi connectivity index (χ1) is 17.6. The van der Waals surface area contributed by atoms with E-state index >= 15 is 0 Å². The number of phenols is 4. The third-order valence-corrected chi connectivity index (χ3v) is 5.49. The highest BCUT2D eigenvalue weighted by Gasteiger charge is 2.27. The van der Waals surface area contributed by atoms with Gasteiger partial charge >= 0.3 is 0 Å². The van der Waals surface area contributed by atoms with Crippen molar-refractivity contribution in [3.8, 4) is 23.0 Å². The van der Waals surface area contributed by atoms with Crippen LogP contribution in [0.4, 0.5) is 5.69 Å². The van der Waals surface area contributed by atoms with E-state index in [0.717, 1.165) is 5.56 Å². The number of aliphatic hydroxyl groups excluding tert-OH is 1. The Labute approximate surface area is 212 Å². The highest BCUT2D eigenvalue weighted by molar-refractivity contribution is 6.06. The van der Waals surface area contributed by atoms with Gasteiger partial charge in [-0.1, -0.05) is 24.3 Å². The van der Waals surface area contributed by atoms with Crippen LogP contribution < -0.4 is 16.0 Å². The van der Waals surface area contributed by atoms with E-state index in [1.54, 1.807) is 24.3 Å². The summed E-state index contributed by atoms with van der Waals surface area (Å²) in [6.45, 7) is 1.51. The molecule has 0 fully saturated rings. The van der Waals surface area contributed by atoms with Crippen molar-refractivity contribution in [2.75, 3.05) is 11.9 Å². The van der Waals surface area contributed by atoms with Gasteiger partial charge in [0.2, 0.25) is 5.91 Å². The van der Waals surface area contributed by atoms with Crippen LogP contribution in [0.15, 0.2) is 60.7 Å². The van der Waals surface area contributed by atoms with Gasteiger partial charge < -0.3 is 41.5 Å². The molecule has 194 valence electrons. The van der Waals surface area contributed by atoms with E-state index in [4.69, 9.17) is 0 Å². The molecule has 0 bridgehead atoms. The highest BCUT2D eigenvalue weighted by Crippen LogP contribution is 2.29. The molecule has 3 amide bonds. The van der Waals surface area contributed by atoms with Gasteiger partial charge in [-0.3, -0.25) is 14.4 Å². The van der Waals surface area contributed by atoms with Crippen LogP contribution in [0.25, 0.3) is 0 Å². The second-order valence-corrected chi connectivity index (χ2v) is 8.23. The molecule has 11 nitrogen and oxygen atoms in total. The third kappa shape index (κ3) is 6.67. The van der Waals surface area contributed by atoms with Crippen molar-refractivity contribution in [3.05, 3.63) is 77.4 Å². The molecule has 0 saturated carbocycles. The minimum Gasteiger partial charge on any atom is -0.504 e. The zero-order valence-corrected chi connectivity index (χ0v) is 19.8. The van der Waals surface area contributed by atoms with Gasteiger partial charge in [-0.25, -0.2) is 0 Å². The fraction of sp³-hybridized carbons (Fsp3) is 0.192. The van der Waals surface area contributed by atoms with Crippen LogP contribution in [0.2, 0.25) is 0 Å². The molecule has 0 heterocycles. The average Bonchev–Trinajstić information content (AvgIpc) is 2.86. The lowest BCUT2D eigenvalue weighted by atomic mass is 10.1. The average molecular weight is 510 g/mol. The van der Waals surface area contributed by atoms with Gasteiger partial charge in [0.05, 0.1) is 17.2 Å². The number of rotatable bonds is 9. The van der Waals surface area contributed by atoms with Crippen molar-refractivity contribution in [3.63, 3.8) is 0 Å². The maximum atomic E-state index is 12.6. The molecule has 0 radical (unpaired) electrons. The molecule has 0 unspecified atom stereocenters. The molecule has 0 aliphatic heterocycles. The van der Waals surface area contributed by atoms with Crippen LogP contribution in [0, 0.1) is 0 Å². The van der Waals surface area contributed by atoms with Crippen LogP contribution in [0.3, 0.4) is 0 Å². The predicted octanol–water partition coefficient (Wildman–Crippen LogP) is 1.60. The first-order valence-electron chi connectivity index (χ1n) is 11.3. The Balaban J connectivity index is 1.53. The monoisotopic (exact) mass is 509 g/mol. The van der Waals surface area contributed by atoms with E-state index in [1.165, 1.54) is 43.3 Å². The molecule has 8 N–H and O–H groups in total. The molecule has 11 heteroatoms. The van der Waals surface area contributed by atoms with E-state index < -0.39 is 52.9 Å². The van der Waals surface area contributed by atoms with E-state index in [2.05, 4.69) is 16.0 Å². The molecule has 0 aromatic heterocycles. The van der Waals surface area contributed by atoms with Gasteiger partial charge in [-0.2, -0.15) is 0 Å². The number of carbonyl (C=O) groups excluding carboxylic acids is 3. The smallest absolute Gasteiger partial charge is 0.259 e. The number of aromatic hydroxyl groups is 4. The van der Waals surface area contributed by atoms with Crippen LogP contribution in [-0.4, -0.2) is 61.9 Å². The zero-order valence-electron chi connectivity index (χ0n) is 19.8. The Bertz CT molecular complexity index is 1290. The number of para-hydroxylation sites is 2. The Hall–Kier alpha value is -4.77. The second-order valence-electron chi connectivity index (χ2n) is 8.23. The number of aliphatic hydroxyl groups is 1. The van der Waals surface area contributed by atoms with E-state index in [9.17, 15) is 39.9 Å². The van der Waals surface area contributed by atoms with Crippen molar-refractivity contribution >= 4 is 23.4 Å². The lowest BCUT2D eigenvalue weighted by molar-refractivity contribution is -0.125. The number of amides is 3. The van der Waals surface area contributed by atoms with Gasteiger partial charge in [-0.05, 0) is 55.3 Å². The van der Waals surface area contributed by atoms with Crippen molar-refractivity contribution < 1.29 is 39.9 Å². The Morgan fingerprint density at radius 1 is 0.784 bits per heavy atom. The lowest BCUT2D eigenvalue weighted by Crippen LogP contribution is -2.52. The topological polar surface area (TPSA) is 188 Å². The molecule has 0 aliphatic carbocycles. The van der Waals surface area contributed by atoms with Crippen molar-refractivity contribution in [1.82, 2.24) is 10.6 Å². The summed E-state index contributed by atoms with van der Waals surface area (Å²) >= 11 is 0. The quantitative estimate of drug-likeness (QED) is 0.200. The summed E-state index contributed by atoms with van der Waals surface area (Å²) in [6, 6.07) is 13.3. The van der Waals surface area contributed by atoms with Gasteiger partial charge in [0.25, 0.3) is 11.8 Å². The summed E-state index contributed by atoms with van der Waals surface area (Å²) in [5.41, 5.74) is 0.948. The summed E-state index contributed by atoms with van der Waals surface area (Å²) in [7, 11) is 0. The van der Waals surface area contributed by atoms with E-state index in [1.807, 2.05) is 0 Å². The first kappa shape index (κ1) is 26.8. The van der Waals surface area contributed by atoms with Gasteiger partial charge in [0.1, 0.15) is 6.04 Å². The Morgan fingerprint density at radius 3 is 1.86 bits per heavy atom. The molecule has 0 saturated heterocycles. The molecule has 0 aliphatic rings. The SMILES string of the molecule is C[C@@H](O)[C@H](NC(=O)c1cccc(O)c1O)C(=O)NCCc1ccc(NC(=O)c2cccc(O)c2O)cc1. The summed E-state index contributed by atoms with van der Waals surface area (Å²) < 4.78 is 0. The number of hydrogen-bond acceptors (Lipinski definition) is 8. The molecule has 3 aromatic carbocycles. The van der Waals surface area contributed by atoms with Gasteiger partial charge in [0, 0.05) is 12.2 Å². The van der Waals surface area contributed by atoms with Crippen LogP contribution in [0.5, 0.6) is 23.0 Å². The summed E-state index contributed by atoms with van der Waals surface area (Å²) in [5, 5.41) is 56.4. The highest BCUT2D eigenvalue weighted by atomic mass is 16.3. The normalized spacial score (nSPS) is 12.3. The Morgan fingerprint density at radius 2 is 1.32 bits per heavy atom. The summed E-state index contributed by atoms with van der Waals surface area (Å²) in [6.07, 6.45) is -0.835. The summed E-state index contributed by atoms with van der Waals surface area (Å²) in [5.74, 6) is -4.13. The van der Waals surface area contributed by atoms with Crippen LogP contribution >= 0.6 is 0 Å². The number of benzene rings is 3. The fourth-order valence-electron chi connectivity index (χ4n) is 3.45. The Kier molecular flexibility index (Phi) is 8.54. The number of hydrogen-bond donors (Lipinski definition) is 8. The van der Waals surface area contributed by atoms with Crippen LogP contribution in [-0.2, 0) is 11.2 Å². The maximum absolute atomic E-state index is 12.6. The first-order valence-corrected chi connectivity index (χ1v) is 11.3. The number of nitrogens with one attached hydrogen (secondary N) is 3. The number of phenolic OH excluding ortho intramolecular Hbond substituents is 4. The zero-order chi connectivity index (χ0) is 27.1. The van der Waals surface area contributed by atoms with Crippen molar-refractivity contribution in [2.45, 2.75) is 25.5 Å². The van der Waals surface area contributed by atoms with Crippen molar-refractivity contribution in [2.24, 2.45) is 0 Å². The minimum absolute atomic E-state index is 0.0779. The molecular formula is C26H27N3O8. The largest absolute Gasteiger partial charge is 0.504 e. The van der Waals surface area contributed by atoms with Crippen molar-refractivity contribution in [1.29, 1.82) is 0 Å². The molecular weight excluding hydrogens is 482 g/mol.